The summed E-state index contributed by atoms with van der Waals surface area (Å²) in [5.41, 5.74) is 0.721. The van der Waals surface area contributed by atoms with Gasteiger partial charge < -0.3 is 14.2 Å². The van der Waals surface area contributed by atoms with E-state index in [9.17, 15) is 4.79 Å². The molecule has 1 saturated heterocycles. The zero-order chi connectivity index (χ0) is 18.2. The lowest BCUT2D eigenvalue weighted by Crippen LogP contribution is -2.42. The molecule has 0 unspecified atom stereocenters. The minimum absolute atomic E-state index is 0.110. The summed E-state index contributed by atoms with van der Waals surface area (Å²) in [6.45, 7) is 7.74. The second kappa shape index (κ2) is 6.96. The predicted molar refractivity (Wildman–Crippen MR) is 95.9 cm³/mol. The number of fused-ring (bicyclic) bond motifs is 1. The quantitative estimate of drug-likeness (QED) is 0.580. The van der Waals surface area contributed by atoms with E-state index in [1.165, 1.54) is 0 Å². The van der Waals surface area contributed by atoms with E-state index in [2.05, 4.69) is 15.0 Å². The monoisotopic (exact) mass is 385 g/mol. The van der Waals surface area contributed by atoms with Gasteiger partial charge in [0.25, 0.3) is 0 Å². The second-order valence-corrected chi connectivity index (χ2v) is 7.96. The zero-order valence-corrected chi connectivity index (χ0v) is 16.0. The van der Waals surface area contributed by atoms with Crippen molar-refractivity contribution >= 4 is 40.5 Å². The molecule has 1 amide bonds. The number of hydrogen-bond donors (Lipinski definition) is 0. The van der Waals surface area contributed by atoms with Gasteiger partial charge in [-0.2, -0.15) is 4.98 Å². The van der Waals surface area contributed by atoms with Crippen molar-refractivity contribution in [2.45, 2.75) is 45.8 Å². The summed E-state index contributed by atoms with van der Waals surface area (Å²) in [6.07, 6.45) is 3.25. The number of hydrogen-bond acceptors (Lipinski definition) is 5. The number of halogens is 2. The van der Waals surface area contributed by atoms with E-state index >= 15 is 0 Å². The highest BCUT2D eigenvalue weighted by Gasteiger charge is 2.27. The number of imidazole rings is 1. The molecule has 9 heteroatoms. The van der Waals surface area contributed by atoms with Crippen molar-refractivity contribution in [3.05, 3.63) is 16.8 Å². The molecule has 0 spiro atoms. The number of aromatic nitrogens is 4. The maximum atomic E-state index is 12.1. The summed E-state index contributed by atoms with van der Waals surface area (Å²) in [7, 11) is 0. The first kappa shape index (κ1) is 18.2. The van der Waals surface area contributed by atoms with Crippen LogP contribution in [0.5, 0.6) is 0 Å². The molecule has 0 aromatic carbocycles. The highest BCUT2D eigenvalue weighted by atomic mass is 35.5. The average Bonchev–Trinajstić information content (AvgIpc) is 2.89. The van der Waals surface area contributed by atoms with Crippen molar-refractivity contribution in [2.75, 3.05) is 13.1 Å². The smallest absolute Gasteiger partial charge is 0.410 e. The molecule has 0 N–H and O–H groups in total. The third kappa shape index (κ3) is 4.33. The lowest BCUT2D eigenvalue weighted by atomic mass is 9.97. The van der Waals surface area contributed by atoms with Crippen molar-refractivity contribution in [3.63, 3.8) is 0 Å². The van der Waals surface area contributed by atoms with Crippen LogP contribution in [0.25, 0.3) is 11.2 Å². The molecule has 3 heterocycles. The fraction of sp³-hybridized carbons (Fsp3) is 0.625. The molecule has 1 fully saturated rings. The van der Waals surface area contributed by atoms with Gasteiger partial charge in [0.2, 0.25) is 5.28 Å². The van der Waals surface area contributed by atoms with Crippen LogP contribution in [0.2, 0.25) is 10.4 Å². The number of carbonyl (C=O) groups is 1. The number of carbonyl (C=O) groups excluding carboxylic acids is 1. The first-order chi connectivity index (χ1) is 11.7. The molecule has 3 rings (SSSR count). The number of amides is 1. The number of rotatable bonds is 2. The van der Waals surface area contributed by atoms with Gasteiger partial charge in [-0.1, -0.05) is 11.6 Å². The van der Waals surface area contributed by atoms with Crippen LogP contribution in [0.3, 0.4) is 0 Å². The van der Waals surface area contributed by atoms with Crippen LogP contribution in [-0.4, -0.2) is 49.2 Å². The van der Waals surface area contributed by atoms with Crippen molar-refractivity contribution in [2.24, 2.45) is 5.92 Å². The summed E-state index contributed by atoms with van der Waals surface area (Å²) >= 11 is 12.0. The van der Waals surface area contributed by atoms with Crippen LogP contribution in [0.1, 0.15) is 33.6 Å². The van der Waals surface area contributed by atoms with Crippen molar-refractivity contribution in [1.29, 1.82) is 0 Å². The van der Waals surface area contributed by atoms with Crippen LogP contribution in [0.4, 0.5) is 4.79 Å². The van der Waals surface area contributed by atoms with Gasteiger partial charge in [-0.3, -0.25) is 0 Å². The fourth-order valence-electron chi connectivity index (χ4n) is 2.92. The van der Waals surface area contributed by atoms with Gasteiger partial charge in [-0.25, -0.2) is 14.8 Å². The van der Waals surface area contributed by atoms with E-state index in [1.807, 2.05) is 25.3 Å². The molecule has 0 bridgehead atoms. The molecular formula is C16H21Cl2N5O2. The van der Waals surface area contributed by atoms with Crippen LogP contribution in [0, 0.1) is 5.92 Å². The van der Waals surface area contributed by atoms with Crippen LogP contribution in [-0.2, 0) is 11.3 Å². The van der Waals surface area contributed by atoms with Crippen LogP contribution >= 0.6 is 23.2 Å². The third-order valence-corrected chi connectivity index (χ3v) is 4.55. The summed E-state index contributed by atoms with van der Waals surface area (Å²) in [5.74, 6) is 0.420. The molecule has 0 radical (unpaired) electrons. The van der Waals surface area contributed by atoms with Gasteiger partial charge in [0, 0.05) is 19.6 Å². The van der Waals surface area contributed by atoms with E-state index in [0.29, 0.717) is 30.2 Å². The Labute approximate surface area is 156 Å². The molecule has 0 atom stereocenters. The number of piperidine rings is 1. The maximum absolute atomic E-state index is 12.1. The summed E-state index contributed by atoms with van der Waals surface area (Å²) in [5, 5.41) is 0.368. The first-order valence-corrected chi connectivity index (χ1v) is 9.00. The van der Waals surface area contributed by atoms with Gasteiger partial charge in [0.15, 0.2) is 10.8 Å². The highest BCUT2D eigenvalue weighted by Crippen LogP contribution is 2.25. The Hall–Kier alpha value is -1.60. The van der Waals surface area contributed by atoms with E-state index in [1.54, 1.807) is 11.2 Å². The molecule has 25 heavy (non-hydrogen) atoms. The fourth-order valence-corrected chi connectivity index (χ4v) is 3.34. The predicted octanol–water partition coefficient (Wildman–Crippen LogP) is 3.78. The second-order valence-electron chi connectivity index (χ2n) is 7.26. The lowest BCUT2D eigenvalue weighted by molar-refractivity contribution is 0.0178. The number of nitrogens with zero attached hydrogens (tertiary/aromatic N) is 5. The molecule has 0 saturated carbocycles. The summed E-state index contributed by atoms with van der Waals surface area (Å²) in [4.78, 5) is 26.3. The van der Waals surface area contributed by atoms with Gasteiger partial charge in [0.1, 0.15) is 11.1 Å². The molecule has 1 aliphatic rings. The lowest BCUT2D eigenvalue weighted by Gasteiger charge is -2.33. The zero-order valence-electron chi connectivity index (χ0n) is 14.5. The van der Waals surface area contributed by atoms with Gasteiger partial charge in [-0.15, -0.1) is 0 Å². The minimum Gasteiger partial charge on any atom is -0.444 e. The van der Waals surface area contributed by atoms with Crippen LogP contribution < -0.4 is 0 Å². The normalized spacial score (nSPS) is 16.4. The SMILES string of the molecule is CC(C)(C)OC(=O)N1CCC(Cn2cnc3c(Cl)nc(Cl)nc32)CC1. The Balaban J connectivity index is 1.62. The van der Waals surface area contributed by atoms with Crippen molar-refractivity contribution in [1.82, 2.24) is 24.4 Å². The average molecular weight is 386 g/mol. The molecule has 2 aromatic heterocycles. The number of likely N-dealkylation sites (tertiary alicyclic amines) is 1. The Morgan fingerprint density at radius 1 is 1.28 bits per heavy atom. The first-order valence-electron chi connectivity index (χ1n) is 8.25. The molecule has 2 aromatic rings. The molecule has 136 valence electrons. The maximum Gasteiger partial charge on any atom is 0.410 e. The largest absolute Gasteiger partial charge is 0.444 e. The summed E-state index contributed by atoms with van der Waals surface area (Å²) in [6, 6.07) is 0. The molecule has 0 aliphatic carbocycles. The van der Waals surface area contributed by atoms with Gasteiger partial charge >= 0.3 is 6.09 Å². The standard InChI is InChI=1S/C16H21Cl2N5O2/c1-16(2,3)25-15(24)22-6-4-10(5-7-22)8-23-9-19-11-12(17)20-14(18)21-13(11)23/h9-10H,4-8H2,1-3H3. The van der Waals surface area contributed by atoms with E-state index in [4.69, 9.17) is 27.9 Å². The van der Waals surface area contributed by atoms with Gasteiger partial charge in [0.05, 0.1) is 6.33 Å². The topological polar surface area (TPSA) is 73.1 Å². The van der Waals surface area contributed by atoms with Crippen molar-refractivity contribution < 1.29 is 9.53 Å². The van der Waals surface area contributed by atoms with Crippen LogP contribution in [0.15, 0.2) is 6.33 Å². The molecule has 1 aliphatic heterocycles. The Bertz CT molecular complexity index is 779. The summed E-state index contributed by atoms with van der Waals surface area (Å²) < 4.78 is 7.37. The molecule has 7 nitrogen and oxygen atoms in total. The Morgan fingerprint density at radius 3 is 2.60 bits per heavy atom. The third-order valence-electron chi connectivity index (χ3n) is 4.12. The van der Waals surface area contributed by atoms with E-state index < -0.39 is 5.60 Å². The number of ether oxygens (including phenoxy) is 1. The minimum atomic E-state index is -0.470. The Morgan fingerprint density at radius 2 is 1.96 bits per heavy atom. The van der Waals surface area contributed by atoms with Crippen molar-refractivity contribution in [3.8, 4) is 0 Å². The van der Waals surface area contributed by atoms with Gasteiger partial charge in [-0.05, 0) is 51.1 Å². The Kier molecular flexibility index (Phi) is 5.06. The van der Waals surface area contributed by atoms with E-state index in [-0.39, 0.29) is 16.5 Å². The highest BCUT2D eigenvalue weighted by molar-refractivity contribution is 6.35. The van der Waals surface area contributed by atoms with E-state index in [0.717, 1.165) is 19.4 Å². The molecular weight excluding hydrogens is 365 g/mol.